The van der Waals surface area contributed by atoms with Gasteiger partial charge < -0.3 is 15.2 Å². The summed E-state index contributed by atoms with van der Waals surface area (Å²) >= 11 is 0. The minimum Gasteiger partial charge on any atom is -0.480 e. The molecule has 1 atom stereocenters. The molecule has 3 aromatic rings. The molecule has 0 aliphatic heterocycles. The van der Waals surface area contributed by atoms with E-state index in [4.69, 9.17) is 4.74 Å². The molecule has 1 heterocycles. The predicted molar refractivity (Wildman–Crippen MR) is 112 cm³/mol. The first-order valence-electron chi connectivity index (χ1n) is 9.97. The number of ether oxygens (including phenoxy) is 1. The lowest BCUT2D eigenvalue weighted by Gasteiger charge is -2.17. The Morgan fingerprint density at radius 2 is 1.68 bits per heavy atom. The minimum absolute atomic E-state index is 0.105. The second kappa shape index (κ2) is 8.95. The molecule has 2 N–H and O–H groups in total. The molecular weight excluding hydrogens is 399 g/mol. The number of pyridine rings is 1. The Bertz CT molecular complexity index is 1060. The molecule has 31 heavy (non-hydrogen) atoms. The highest BCUT2D eigenvalue weighted by Gasteiger charge is 2.29. The normalized spacial score (nSPS) is 13.2. The molecule has 1 aliphatic rings. The second-order valence-corrected chi connectivity index (χ2v) is 7.39. The predicted octanol–water partition coefficient (Wildman–Crippen LogP) is 4.15. The number of alkyl carbamates (subject to hydrolysis) is 1. The first kappa shape index (κ1) is 20.5. The number of nitrogens with one attached hydrogen (secondary N) is 1. The monoisotopic (exact) mass is 420 g/mol. The van der Waals surface area contributed by atoms with Gasteiger partial charge in [0.2, 0.25) is 5.95 Å². The maximum absolute atomic E-state index is 12.9. The van der Waals surface area contributed by atoms with E-state index >= 15 is 0 Å². The zero-order chi connectivity index (χ0) is 21.8. The molecule has 1 amide bonds. The van der Waals surface area contributed by atoms with Crippen LogP contribution < -0.4 is 5.32 Å². The van der Waals surface area contributed by atoms with Crippen LogP contribution in [0.1, 0.15) is 29.0 Å². The number of benzene rings is 2. The van der Waals surface area contributed by atoms with Crippen LogP contribution >= 0.6 is 0 Å². The summed E-state index contributed by atoms with van der Waals surface area (Å²) < 4.78 is 18.3. The average molecular weight is 420 g/mol. The number of nitrogens with zero attached hydrogens (tertiary/aromatic N) is 1. The van der Waals surface area contributed by atoms with Gasteiger partial charge in [-0.1, -0.05) is 54.6 Å². The summed E-state index contributed by atoms with van der Waals surface area (Å²) in [6, 6.07) is 17.6. The zero-order valence-corrected chi connectivity index (χ0v) is 16.6. The van der Waals surface area contributed by atoms with Gasteiger partial charge in [0, 0.05) is 12.1 Å². The Morgan fingerprint density at radius 1 is 1.03 bits per heavy atom. The number of carbonyl (C=O) groups is 2. The molecule has 0 radical (unpaired) electrons. The number of aliphatic carboxylic acids is 1. The quantitative estimate of drug-likeness (QED) is 0.561. The molecule has 2 aromatic carbocycles. The number of carbonyl (C=O) groups excluding carboxylic acids is 1. The average Bonchev–Trinajstić information content (AvgIpc) is 3.10. The van der Waals surface area contributed by atoms with E-state index < -0.39 is 24.1 Å². The highest BCUT2D eigenvalue weighted by molar-refractivity contribution is 5.81. The van der Waals surface area contributed by atoms with Crippen LogP contribution in [0.15, 0.2) is 66.9 Å². The van der Waals surface area contributed by atoms with Crippen LogP contribution in [0.5, 0.6) is 0 Å². The largest absolute Gasteiger partial charge is 0.480 e. The molecule has 4 rings (SSSR count). The van der Waals surface area contributed by atoms with Crippen molar-refractivity contribution in [3.8, 4) is 11.1 Å². The van der Waals surface area contributed by atoms with Crippen molar-refractivity contribution in [2.75, 3.05) is 6.61 Å². The van der Waals surface area contributed by atoms with Crippen molar-refractivity contribution in [2.24, 2.45) is 0 Å². The highest BCUT2D eigenvalue weighted by atomic mass is 19.1. The summed E-state index contributed by atoms with van der Waals surface area (Å²) in [5.41, 5.74) is 5.07. The SMILES string of the molecule is O=C(N[C@H](CCc1ccc(F)nc1)C(=O)O)OCC1c2ccccc2-c2ccccc21. The van der Waals surface area contributed by atoms with Gasteiger partial charge in [-0.2, -0.15) is 4.39 Å². The van der Waals surface area contributed by atoms with Gasteiger partial charge in [-0.25, -0.2) is 14.6 Å². The molecule has 7 heteroatoms. The molecule has 1 aliphatic carbocycles. The fourth-order valence-corrected chi connectivity index (χ4v) is 3.91. The summed E-state index contributed by atoms with van der Waals surface area (Å²) in [5, 5.41) is 11.9. The summed E-state index contributed by atoms with van der Waals surface area (Å²) in [6.45, 7) is 0.105. The number of rotatable bonds is 7. The van der Waals surface area contributed by atoms with Gasteiger partial charge in [0.25, 0.3) is 0 Å². The van der Waals surface area contributed by atoms with Crippen LogP contribution in [-0.2, 0) is 16.0 Å². The number of hydrogen-bond donors (Lipinski definition) is 2. The van der Waals surface area contributed by atoms with Crippen LogP contribution in [0.25, 0.3) is 11.1 Å². The number of fused-ring (bicyclic) bond motifs is 3. The maximum Gasteiger partial charge on any atom is 0.407 e. The molecule has 0 bridgehead atoms. The number of hydrogen-bond acceptors (Lipinski definition) is 4. The van der Waals surface area contributed by atoms with Gasteiger partial charge in [0.05, 0.1) is 0 Å². The first-order valence-corrected chi connectivity index (χ1v) is 9.97. The van der Waals surface area contributed by atoms with E-state index in [1.54, 1.807) is 0 Å². The van der Waals surface area contributed by atoms with Gasteiger partial charge in [0.15, 0.2) is 0 Å². The number of halogens is 1. The van der Waals surface area contributed by atoms with E-state index in [9.17, 15) is 19.1 Å². The molecule has 0 saturated heterocycles. The summed E-state index contributed by atoms with van der Waals surface area (Å²) in [5.74, 6) is -1.87. The third-order valence-electron chi connectivity index (χ3n) is 5.44. The Balaban J connectivity index is 1.38. The van der Waals surface area contributed by atoms with E-state index in [0.29, 0.717) is 12.0 Å². The van der Waals surface area contributed by atoms with E-state index in [1.807, 2.05) is 48.5 Å². The molecule has 0 saturated carbocycles. The minimum atomic E-state index is -1.16. The van der Waals surface area contributed by atoms with Crippen LogP contribution in [0, 0.1) is 5.95 Å². The lowest BCUT2D eigenvalue weighted by atomic mass is 9.98. The number of aryl methyl sites for hydroxylation is 1. The number of carboxylic acids is 1. The van der Waals surface area contributed by atoms with Gasteiger partial charge in [-0.15, -0.1) is 0 Å². The molecule has 158 valence electrons. The molecule has 0 spiro atoms. The van der Waals surface area contributed by atoms with Crippen molar-refractivity contribution in [3.05, 3.63) is 89.5 Å². The lowest BCUT2D eigenvalue weighted by molar-refractivity contribution is -0.139. The fourth-order valence-electron chi connectivity index (χ4n) is 3.91. The molecule has 0 unspecified atom stereocenters. The van der Waals surface area contributed by atoms with Crippen molar-refractivity contribution in [1.29, 1.82) is 0 Å². The number of amides is 1. The molecule has 1 aromatic heterocycles. The van der Waals surface area contributed by atoms with E-state index in [0.717, 1.165) is 22.3 Å². The van der Waals surface area contributed by atoms with Crippen molar-refractivity contribution < 1.29 is 23.8 Å². The fraction of sp³-hybridized carbons (Fsp3) is 0.208. The molecule has 6 nitrogen and oxygen atoms in total. The van der Waals surface area contributed by atoms with Crippen LogP contribution in [0.4, 0.5) is 9.18 Å². The standard InChI is InChI=1S/C24H21FN2O4/c25-22-12-10-15(13-26-22)9-11-21(23(28)29)27-24(30)31-14-20-18-7-3-1-5-16(18)17-6-2-4-8-19(17)20/h1-8,10,12-13,20-21H,9,11,14H2,(H,27,30)(H,28,29)/t21-/m1/s1. The van der Waals surface area contributed by atoms with Crippen LogP contribution in [0.3, 0.4) is 0 Å². The van der Waals surface area contributed by atoms with E-state index in [1.165, 1.54) is 18.3 Å². The smallest absolute Gasteiger partial charge is 0.407 e. The Kier molecular flexibility index (Phi) is 5.93. The van der Waals surface area contributed by atoms with Crippen molar-refractivity contribution in [3.63, 3.8) is 0 Å². The Hall–Kier alpha value is -3.74. The van der Waals surface area contributed by atoms with Crippen molar-refractivity contribution in [2.45, 2.75) is 24.8 Å². The molecular formula is C24H21FN2O4. The first-order chi connectivity index (χ1) is 15.0. The summed E-state index contributed by atoms with van der Waals surface area (Å²) in [4.78, 5) is 27.4. The zero-order valence-electron chi connectivity index (χ0n) is 16.6. The second-order valence-electron chi connectivity index (χ2n) is 7.39. The highest BCUT2D eigenvalue weighted by Crippen LogP contribution is 2.44. The summed E-state index contributed by atoms with van der Waals surface area (Å²) in [7, 11) is 0. The van der Waals surface area contributed by atoms with Crippen molar-refractivity contribution in [1.82, 2.24) is 10.3 Å². The number of carboxylic acid groups (broad SMARTS) is 1. The third-order valence-corrected chi connectivity index (χ3v) is 5.44. The van der Waals surface area contributed by atoms with Gasteiger partial charge in [-0.3, -0.25) is 0 Å². The van der Waals surface area contributed by atoms with E-state index in [2.05, 4.69) is 10.3 Å². The maximum atomic E-state index is 12.9. The number of aromatic nitrogens is 1. The van der Waals surface area contributed by atoms with Gasteiger partial charge in [-0.05, 0) is 46.7 Å². The van der Waals surface area contributed by atoms with Crippen LogP contribution in [0.2, 0.25) is 0 Å². The molecule has 0 fully saturated rings. The summed E-state index contributed by atoms with van der Waals surface area (Å²) in [6.07, 6.45) is 1.02. The van der Waals surface area contributed by atoms with E-state index in [-0.39, 0.29) is 18.9 Å². The topological polar surface area (TPSA) is 88.5 Å². The third kappa shape index (κ3) is 4.55. The Morgan fingerprint density at radius 3 is 2.26 bits per heavy atom. The van der Waals surface area contributed by atoms with Gasteiger partial charge >= 0.3 is 12.1 Å². The van der Waals surface area contributed by atoms with Crippen LogP contribution in [-0.4, -0.2) is 34.8 Å². The Labute approximate surface area is 178 Å². The van der Waals surface area contributed by atoms with Crippen molar-refractivity contribution >= 4 is 12.1 Å². The van der Waals surface area contributed by atoms with Gasteiger partial charge in [0.1, 0.15) is 12.6 Å². The lowest BCUT2D eigenvalue weighted by Crippen LogP contribution is -2.41.